The van der Waals surface area contributed by atoms with Crippen molar-refractivity contribution in [2.24, 2.45) is 0 Å². The predicted molar refractivity (Wildman–Crippen MR) is 113 cm³/mol. The minimum Gasteiger partial charge on any atom is -0.487 e. The van der Waals surface area contributed by atoms with E-state index in [1.54, 1.807) is 24.3 Å². The number of nitrogens with two attached hydrogens (primary N) is 2. The summed E-state index contributed by atoms with van der Waals surface area (Å²) in [4.78, 5) is 46.4. The normalized spacial score (nSPS) is 11.6. The molecule has 2 aromatic heterocycles. The zero-order chi connectivity index (χ0) is 23.3. The molecule has 3 rings (SSSR count). The molecule has 0 saturated carbocycles. The van der Waals surface area contributed by atoms with Crippen LogP contribution >= 0.6 is 0 Å². The smallest absolute Gasteiger partial charge is 0.326 e. The molecular weight excluding hydrogens is 420 g/mol. The second-order valence-corrected chi connectivity index (χ2v) is 6.75. The summed E-state index contributed by atoms with van der Waals surface area (Å²) in [6, 6.07) is 8.11. The summed E-state index contributed by atoms with van der Waals surface area (Å²) in [6.07, 6.45) is -0.601. The quantitative estimate of drug-likeness (QED) is 0.315. The molecule has 0 aliphatic carbocycles. The molecule has 0 fully saturated rings. The number of nitrogens with one attached hydrogen (secondary N) is 1. The number of nitrogens with zero attached hydrogens (tertiary/aromatic N) is 3. The molecule has 1 amide bonds. The van der Waals surface area contributed by atoms with Crippen LogP contribution in [0.2, 0.25) is 0 Å². The van der Waals surface area contributed by atoms with Gasteiger partial charge in [0.2, 0.25) is 5.95 Å². The van der Waals surface area contributed by atoms with Crippen molar-refractivity contribution in [3.8, 4) is 5.75 Å². The first-order chi connectivity index (χ1) is 15.2. The molecule has 1 aromatic carbocycles. The maximum atomic E-state index is 12.3. The van der Waals surface area contributed by atoms with Crippen LogP contribution in [0.5, 0.6) is 5.75 Å². The minimum absolute atomic E-state index is 0.0569. The predicted octanol–water partition coefficient (Wildman–Crippen LogP) is 0.816. The number of rotatable bonds is 9. The molecule has 166 valence electrons. The van der Waals surface area contributed by atoms with Crippen molar-refractivity contribution in [1.82, 2.24) is 20.3 Å². The molecule has 0 unspecified atom stereocenters. The molecule has 0 spiro atoms. The molecule has 2 heterocycles. The van der Waals surface area contributed by atoms with Crippen molar-refractivity contribution in [3.63, 3.8) is 0 Å². The van der Waals surface area contributed by atoms with E-state index in [2.05, 4.69) is 20.3 Å². The molecule has 0 bridgehead atoms. The molecule has 3 aromatic rings. The van der Waals surface area contributed by atoms with E-state index >= 15 is 0 Å². The van der Waals surface area contributed by atoms with Gasteiger partial charge in [0, 0.05) is 12.0 Å². The number of carbonyl (C=O) groups excluding carboxylic acids is 1. The Kier molecular flexibility index (Phi) is 6.63. The van der Waals surface area contributed by atoms with E-state index in [-0.39, 0.29) is 36.8 Å². The zero-order valence-electron chi connectivity index (χ0n) is 16.7. The van der Waals surface area contributed by atoms with Gasteiger partial charge < -0.3 is 31.7 Å². The third-order valence-corrected chi connectivity index (χ3v) is 4.40. The van der Waals surface area contributed by atoms with Gasteiger partial charge in [0.15, 0.2) is 5.82 Å². The highest BCUT2D eigenvalue weighted by Crippen LogP contribution is 2.19. The number of carbonyl (C=O) groups is 3. The summed E-state index contributed by atoms with van der Waals surface area (Å²) < 4.78 is 5.66. The lowest BCUT2D eigenvalue weighted by atomic mass is 10.1. The van der Waals surface area contributed by atoms with Gasteiger partial charge in [-0.3, -0.25) is 9.59 Å². The molecule has 7 N–H and O–H groups in total. The van der Waals surface area contributed by atoms with E-state index in [1.807, 2.05) is 0 Å². The summed E-state index contributed by atoms with van der Waals surface area (Å²) in [5.41, 5.74) is 13.1. The topological polar surface area (TPSA) is 204 Å². The molecule has 0 radical (unpaired) electrons. The highest BCUT2D eigenvalue weighted by Gasteiger charge is 2.21. The fraction of sp³-hybridized carbons (Fsp3) is 0.200. The van der Waals surface area contributed by atoms with Crippen LogP contribution in [0.3, 0.4) is 0 Å². The zero-order valence-corrected chi connectivity index (χ0v) is 16.7. The Morgan fingerprint density at radius 2 is 1.72 bits per heavy atom. The molecule has 12 nitrogen and oxygen atoms in total. The lowest BCUT2D eigenvalue weighted by Gasteiger charge is -2.14. The van der Waals surface area contributed by atoms with Gasteiger partial charge in [-0.1, -0.05) is 0 Å². The Bertz CT molecular complexity index is 1170. The molecule has 0 aliphatic rings. The van der Waals surface area contributed by atoms with Gasteiger partial charge >= 0.3 is 11.9 Å². The van der Waals surface area contributed by atoms with E-state index in [0.717, 1.165) is 0 Å². The highest BCUT2D eigenvalue weighted by atomic mass is 16.5. The minimum atomic E-state index is -1.31. The van der Waals surface area contributed by atoms with Crippen molar-refractivity contribution in [1.29, 1.82) is 0 Å². The van der Waals surface area contributed by atoms with Gasteiger partial charge in [0.05, 0.1) is 11.2 Å². The van der Waals surface area contributed by atoms with E-state index in [4.69, 9.17) is 26.4 Å². The van der Waals surface area contributed by atoms with Crippen molar-refractivity contribution < 1.29 is 29.3 Å². The van der Waals surface area contributed by atoms with Crippen molar-refractivity contribution in [3.05, 3.63) is 47.7 Å². The number of nitrogen functional groups attached to an aromatic ring is 2. The molecule has 0 saturated heterocycles. The number of carboxylic acids is 2. The van der Waals surface area contributed by atoms with E-state index < -0.39 is 23.9 Å². The van der Waals surface area contributed by atoms with Gasteiger partial charge in [-0.05, 0) is 42.8 Å². The highest BCUT2D eigenvalue weighted by molar-refractivity contribution is 5.96. The number of carboxylic acid groups (broad SMARTS) is 2. The van der Waals surface area contributed by atoms with E-state index in [9.17, 15) is 14.4 Å². The number of aliphatic carboxylic acids is 2. The van der Waals surface area contributed by atoms with Gasteiger partial charge in [-0.2, -0.15) is 4.98 Å². The number of pyridine rings is 1. The lowest BCUT2D eigenvalue weighted by Crippen LogP contribution is -2.41. The first-order valence-corrected chi connectivity index (χ1v) is 9.40. The number of amides is 1. The summed E-state index contributed by atoms with van der Waals surface area (Å²) >= 11 is 0. The van der Waals surface area contributed by atoms with E-state index in [0.29, 0.717) is 22.5 Å². The van der Waals surface area contributed by atoms with Crippen LogP contribution in [-0.2, 0) is 16.2 Å². The first-order valence-electron chi connectivity index (χ1n) is 9.40. The average Bonchev–Trinajstić information content (AvgIpc) is 2.75. The van der Waals surface area contributed by atoms with Crippen molar-refractivity contribution in [2.75, 3.05) is 11.5 Å². The monoisotopic (exact) mass is 440 g/mol. The largest absolute Gasteiger partial charge is 0.487 e. The van der Waals surface area contributed by atoms with Crippen LogP contribution in [0.25, 0.3) is 11.0 Å². The number of benzene rings is 1. The number of anilines is 2. The Morgan fingerprint density at radius 3 is 2.38 bits per heavy atom. The number of aromatic nitrogens is 3. The van der Waals surface area contributed by atoms with Crippen LogP contribution in [0.15, 0.2) is 36.4 Å². The van der Waals surface area contributed by atoms with Gasteiger partial charge in [-0.15, -0.1) is 0 Å². The van der Waals surface area contributed by atoms with Crippen molar-refractivity contribution >= 4 is 40.6 Å². The van der Waals surface area contributed by atoms with Gasteiger partial charge in [0.25, 0.3) is 5.91 Å². The summed E-state index contributed by atoms with van der Waals surface area (Å²) in [7, 11) is 0. The number of hydrogen-bond donors (Lipinski definition) is 5. The summed E-state index contributed by atoms with van der Waals surface area (Å²) in [5.74, 6) is -2.43. The number of hydrogen-bond acceptors (Lipinski definition) is 9. The summed E-state index contributed by atoms with van der Waals surface area (Å²) in [5, 5.41) is 20.1. The first kappa shape index (κ1) is 22.2. The molecule has 12 heteroatoms. The maximum absolute atomic E-state index is 12.3. The molecule has 32 heavy (non-hydrogen) atoms. The second-order valence-electron chi connectivity index (χ2n) is 6.75. The van der Waals surface area contributed by atoms with Crippen LogP contribution in [0.1, 0.15) is 28.9 Å². The second kappa shape index (κ2) is 9.55. The average molecular weight is 440 g/mol. The van der Waals surface area contributed by atoms with Crippen LogP contribution in [0, 0.1) is 0 Å². The Balaban J connectivity index is 1.62. The Labute approximate surface area is 181 Å². The van der Waals surface area contributed by atoms with Crippen LogP contribution in [0.4, 0.5) is 11.8 Å². The third kappa shape index (κ3) is 5.56. The van der Waals surface area contributed by atoms with Crippen molar-refractivity contribution in [2.45, 2.75) is 25.5 Å². The van der Waals surface area contributed by atoms with E-state index in [1.165, 1.54) is 12.1 Å². The molecule has 0 aliphatic heterocycles. The SMILES string of the molecule is Nc1nc(N)c2nc(COc3ccc(C(=O)N[C@@H](CCC(=O)O)C(=O)O)cc3)ccc2n1. The fourth-order valence-electron chi connectivity index (χ4n) is 2.80. The fourth-order valence-corrected chi connectivity index (χ4v) is 2.80. The Hall–Kier alpha value is -4.48. The molecule has 1 atom stereocenters. The maximum Gasteiger partial charge on any atom is 0.326 e. The standard InChI is InChI=1S/C20H20N6O6/c21-17-16-13(25-20(22)26-17)6-3-11(23-16)9-32-12-4-1-10(2-5-12)18(29)24-14(19(30)31)7-8-15(27)28/h1-6,14H,7-9H2,(H,24,29)(H,27,28)(H,30,31)(H4,21,22,25,26)/t14-/m0/s1. The van der Waals surface area contributed by atoms with Gasteiger partial charge in [0.1, 0.15) is 23.9 Å². The summed E-state index contributed by atoms with van der Waals surface area (Å²) in [6.45, 7) is 0.113. The van der Waals surface area contributed by atoms with Gasteiger partial charge in [-0.25, -0.2) is 14.8 Å². The number of ether oxygens (including phenoxy) is 1. The molecular formula is C20H20N6O6. The van der Waals surface area contributed by atoms with Crippen LogP contribution in [-0.4, -0.2) is 49.1 Å². The Morgan fingerprint density at radius 1 is 1.00 bits per heavy atom. The lowest BCUT2D eigenvalue weighted by molar-refractivity contribution is -0.140. The number of fused-ring (bicyclic) bond motifs is 1. The van der Waals surface area contributed by atoms with Crippen LogP contribution < -0.4 is 21.5 Å². The third-order valence-electron chi connectivity index (χ3n) is 4.40.